The quantitative estimate of drug-likeness (QED) is 0.301. The molecule has 0 aliphatic heterocycles. The van der Waals surface area contributed by atoms with Crippen molar-refractivity contribution in [3.05, 3.63) is 102 Å². The molecule has 0 radical (unpaired) electrons. The topological polar surface area (TPSA) is 105 Å². The van der Waals surface area contributed by atoms with E-state index < -0.39 is 26.7 Å². The number of benzene rings is 2. The molecule has 37 heavy (non-hydrogen) atoms. The summed E-state index contributed by atoms with van der Waals surface area (Å²) in [6.07, 6.45) is 3.79. The molecule has 2 aromatic heterocycles. The van der Waals surface area contributed by atoms with Gasteiger partial charge in [-0.2, -0.15) is 0 Å². The number of halogens is 1. The van der Waals surface area contributed by atoms with Crippen molar-refractivity contribution in [2.75, 3.05) is 16.5 Å². The van der Waals surface area contributed by atoms with Crippen LogP contribution >= 0.6 is 0 Å². The number of hydrogen-bond donors (Lipinski definition) is 1. The van der Waals surface area contributed by atoms with Gasteiger partial charge in [0.1, 0.15) is 11.6 Å². The van der Waals surface area contributed by atoms with Gasteiger partial charge in [0.2, 0.25) is 15.0 Å². The van der Waals surface area contributed by atoms with Crippen molar-refractivity contribution < 1.29 is 22.0 Å². The molecule has 0 atom stereocenters. The molecule has 4 aromatic rings. The second-order valence-electron chi connectivity index (χ2n) is 8.92. The van der Waals surface area contributed by atoms with E-state index in [0.29, 0.717) is 18.2 Å². The maximum absolute atomic E-state index is 14.3. The third-order valence-electron chi connectivity index (χ3n) is 5.70. The number of hydrogen-bond acceptors (Lipinski definition) is 7. The molecule has 2 heterocycles. The maximum Gasteiger partial charge on any atom is 0.276 e. The number of para-hydroxylation sites is 1. The van der Waals surface area contributed by atoms with Gasteiger partial charge in [0.25, 0.3) is 5.91 Å². The molecule has 0 fully saturated rings. The van der Waals surface area contributed by atoms with Crippen molar-refractivity contribution in [3.63, 3.8) is 0 Å². The van der Waals surface area contributed by atoms with Crippen molar-refractivity contribution in [3.8, 4) is 0 Å². The van der Waals surface area contributed by atoms with Crippen molar-refractivity contribution in [1.82, 2.24) is 9.97 Å². The number of anilines is 2. The van der Waals surface area contributed by atoms with Gasteiger partial charge < -0.3 is 14.6 Å². The Morgan fingerprint density at radius 3 is 2.41 bits per heavy atom. The molecule has 0 bridgehead atoms. The van der Waals surface area contributed by atoms with E-state index in [0.717, 1.165) is 11.8 Å². The summed E-state index contributed by atoms with van der Waals surface area (Å²) in [6, 6.07) is 17.3. The van der Waals surface area contributed by atoms with E-state index in [1.54, 1.807) is 24.5 Å². The Hall–Kier alpha value is -4.05. The normalized spacial score (nSPS) is 11.5. The van der Waals surface area contributed by atoms with Gasteiger partial charge in [-0.25, -0.2) is 22.8 Å². The number of carbonyl (C=O) groups excluding carboxylic acids is 1. The van der Waals surface area contributed by atoms with Gasteiger partial charge in [-0.15, -0.1) is 0 Å². The van der Waals surface area contributed by atoms with Crippen LogP contribution in [0.2, 0.25) is 0 Å². The smallest absolute Gasteiger partial charge is 0.276 e. The molecule has 192 valence electrons. The molecule has 0 spiro atoms. The first kappa shape index (κ1) is 26.0. The maximum atomic E-state index is 14.3. The highest BCUT2D eigenvalue weighted by molar-refractivity contribution is 7.90. The van der Waals surface area contributed by atoms with Crippen LogP contribution in [-0.4, -0.2) is 30.5 Å². The molecule has 8 nitrogen and oxygen atoms in total. The van der Waals surface area contributed by atoms with E-state index in [1.165, 1.54) is 30.0 Å². The van der Waals surface area contributed by atoms with Crippen LogP contribution in [0.5, 0.6) is 0 Å². The van der Waals surface area contributed by atoms with E-state index in [1.807, 2.05) is 29.2 Å². The number of carbonyl (C=O) groups is 1. The summed E-state index contributed by atoms with van der Waals surface area (Å²) in [4.78, 5) is 23.3. The average molecular weight is 523 g/mol. The number of nitrogens with one attached hydrogen (secondary N) is 1. The van der Waals surface area contributed by atoms with Crippen molar-refractivity contribution in [2.45, 2.75) is 38.0 Å². The van der Waals surface area contributed by atoms with Crippen LogP contribution in [-0.2, 0) is 22.9 Å². The van der Waals surface area contributed by atoms with Gasteiger partial charge in [0.15, 0.2) is 5.69 Å². The second kappa shape index (κ2) is 10.9. The number of rotatable bonds is 9. The first-order valence-electron chi connectivity index (χ1n) is 11.6. The molecule has 10 heteroatoms. The Morgan fingerprint density at radius 1 is 1.05 bits per heavy atom. The molecule has 1 amide bonds. The van der Waals surface area contributed by atoms with Crippen LogP contribution in [0, 0.1) is 5.82 Å². The molecule has 0 saturated carbocycles. The first-order chi connectivity index (χ1) is 17.6. The number of nitrogens with zero attached hydrogens (tertiary/aromatic N) is 3. The zero-order chi connectivity index (χ0) is 26.6. The number of aromatic nitrogens is 2. The molecule has 1 N–H and O–H groups in total. The fourth-order valence-corrected chi connectivity index (χ4v) is 4.23. The Morgan fingerprint density at radius 2 is 1.78 bits per heavy atom. The lowest BCUT2D eigenvalue weighted by Gasteiger charge is -2.26. The zero-order valence-corrected chi connectivity index (χ0v) is 21.5. The van der Waals surface area contributed by atoms with Gasteiger partial charge >= 0.3 is 0 Å². The monoisotopic (exact) mass is 522 g/mol. The minimum Gasteiger partial charge on any atom is -0.467 e. The minimum atomic E-state index is -3.82. The van der Waals surface area contributed by atoms with Gasteiger partial charge in [-0.3, -0.25) is 4.79 Å². The average Bonchev–Trinajstić information content (AvgIpc) is 3.37. The van der Waals surface area contributed by atoms with Gasteiger partial charge in [0.05, 0.1) is 30.4 Å². The highest BCUT2D eigenvalue weighted by Gasteiger charge is 2.25. The molecule has 0 aliphatic rings. The standard InChI is InChI=1S/C27H27FN4O4S/c1-18(2)20-12-10-19(11-13-20)16-32(17-21-7-6-14-36-21)24-15-29-27(37(3,34)35)31-25(24)26(33)30-23-9-5-4-8-22(23)28/h4-15,18H,16-17H2,1-3H3,(H,30,33). The molecule has 0 aliphatic carbocycles. The summed E-state index contributed by atoms with van der Waals surface area (Å²) >= 11 is 0. The highest BCUT2D eigenvalue weighted by Crippen LogP contribution is 2.26. The first-order valence-corrected chi connectivity index (χ1v) is 13.5. The SMILES string of the molecule is CC(C)c1ccc(CN(Cc2ccco2)c2cnc(S(C)(=O)=O)nc2C(=O)Nc2ccccc2F)cc1. The molecule has 0 saturated heterocycles. The van der Waals surface area contributed by atoms with E-state index >= 15 is 0 Å². The molecular weight excluding hydrogens is 495 g/mol. The third kappa shape index (κ3) is 6.39. The summed E-state index contributed by atoms with van der Waals surface area (Å²) in [5.74, 6) is -0.412. The lowest BCUT2D eigenvalue weighted by atomic mass is 10.0. The lowest BCUT2D eigenvalue weighted by molar-refractivity contribution is 0.102. The summed E-state index contributed by atoms with van der Waals surface area (Å²) in [5, 5.41) is 1.99. The van der Waals surface area contributed by atoms with Crippen LogP contribution in [0.15, 0.2) is 82.7 Å². The molecule has 2 aromatic carbocycles. The summed E-state index contributed by atoms with van der Waals surface area (Å²) in [6.45, 7) is 4.82. The Kier molecular flexibility index (Phi) is 7.68. The highest BCUT2D eigenvalue weighted by atomic mass is 32.2. The van der Waals surface area contributed by atoms with Crippen molar-refractivity contribution >= 4 is 27.1 Å². The Bertz CT molecular complexity index is 1490. The fourth-order valence-electron chi connectivity index (χ4n) is 3.73. The number of furan rings is 1. The van der Waals surface area contributed by atoms with E-state index in [9.17, 15) is 17.6 Å². The lowest BCUT2D eigenvalue weighted by Crippen LogP contribution is -2.27. The fraction of sp³-hybridized carbons (Fsp3) is 0.222. The predicted molar refractivity (Wildman–Crippen MR) is 139 cm³/mol. The summed E-state index contributed by atoms with van der Waals surface area (Å²) < 4.78 is 44.2. The van der Waals surface area contributed by atoms with Crippen LogP contribution in [0.25, 0.3) is 0 Å². The predicted octanol–water partition coefficient (Wildman–Crippen LogP) is 5.19. The van der Waals surface area contributed by atoms with Crippen molar-refractivity contribution in [2.24, 2.45) is 0 Å². The van der Waals surface area contributed by atoms with Crippen LogP contribution < -0.4 is 10.2 Å². The van der Waals surface area contributed by atoms with E-state index in [4.69, 9.17) is 4.42 Å². The second-order valence-corrected chi connectivity index (χ2v) is 10.8. The minimum absolute atomic E-state index is 0.0557. The Balaban J connectivity index is 1.77. The van der Waals surface area contributed by atoms with Crippen molar-refractivity contribution in [1.29, 1.82) is 0 Å². The zero-order valence-electron chi connectivity index (χ0n) is 20.7. The molecular formula is C27H27FN4O4S. The van der Waals surface area contributed by atoms with E-state index in [-0.39, 0.29) is 23.6 Å². The van der Waals surface area contributed by atoms with E-state index in [2.05, 4.69) is 29.1 Å². The number of amides is 1. The summed E-state index contributed by atoms with van der Waals surface area (Å²) in [7, 11) is -3.82. The molecule has 4 rings (SSSR count). The number of sulfone groups is 1. The largest absolute Gasteiger partial charge is 0.467 e. The van der Waals surface area contributed by atoms with Crippen LogP contribution in [0.3, 0.4) is 0 Å². The van der Waals surface area contributed by atoms with Crippen LogP contribution in [0.4, 0.5) is 15.8 Å². The van der Waals surface area contributed by atoms with Crippen LogP contribution in [0.1, 0.15) is 47.1 Å². The molecule has 0 unspecified atom stereocenters. The van der Waals surface area contributed by atoms with Gasteiger partial charge in [-0.05, 0) is 41.3 Å². The Labute approximate surface area is 215 Å². The van der Waals surface area contributed by atoms with Gasteiger partial charge in [-0.1, -0.05) is 50.2 Å². The van der Waals surface area contributed by atoms with Gasteiger partial charge in [0, 0.05) is 12.8 Å². The summed E-state index contributed by atoms with van der Waals surface area (Å²) in [5.41, 5.74) is 2.14. The third-order valence-corrected chi connectivity index (χ3v) is 6.56.